The average molecular weight is 413 g/mol. The van der Waals surface area contributed by atoms with Gasteiger partial charge in [-0.05, 0) is 29.8 Å². The molecule has 0 aliphatic carbocycles. The zero-order valence-electron chi connectivity index (χ0n) is 13.0. The van der Waals surface area contributed by atoms with Gasteiger partial charge in [0.1, 0.15) is 5.82 Å². The van der Waals surface area contributed by atoms with Crippen LogP contribution >= 0.6 is 15.9 Å². The van der Waals surface area contributed by atoms with E-state index in [2.05, 4.69) is 20.8 Å². The molecule has 1 saturated heterocycles. The first kappa shape index (κ1) is 17.5. The lowest BCUT2D eigenvalue weighted by molar-refractivity contribution is 0.181. The summed E-state index contributed by atoms with van der Waals surface area (Å²) in [6, 6.07) is 13.2. The van der Waals surface area contributed by atoms with Gasteiger partial charge in [-0.1, -0.05) is 40.2 Å². The Bertz CT molecular complexity index is 807. The van der Waals surface area contributed by atoms with E-state index in [1.54, 1.807) is 36.4 Å². The number of hydrogen-bond donors (Lipinski definition) is 0. The van der Waals surface area contributed by atoms with E-state index >= 15 is 0 Å². The summed E-state index contributed by atoms with van der Waals surface area (Å²) in [5.74, 6) is -0.274. The molecule has 2 aromatic rings. The molecule has 0 radical (unpaired) electrons. The van der Waals surface area contributed by atoms with Gasteiger partial charge in [-0.3, -0.25) is 4.90 Å². The molecule has 0 N–H and O–H groups in total. The quantitative estimate of drug-likeness (QED) is 0.774. The predicted molar refractivity (Wildman–Crippen MR) is 94.6 cm³/mol. The number of hydrogen-bond acceptors (Lipinski definition) is 3. The molecule has 0 atom stereocenters. The van der Waals surface area contributed by atoms with Crippen molar-refractivity contribution in [2.75, 3.05) is 26.2 Å². The third-order valence-electron chi connectivity index (χ3n) is 4.12. The number of rotatable bonds is 4. The van der Waals surface area contributed by atoms with Gasteiger partial charge in [-0.2, -0.15) is 4.31 Å². The van der Waals surface area contributed by atoms with Crippen molar-refractivity contribution in [2.45, 2.75) is 11.4 Å². The minimum atomic E-state index is -3.42. The summed E-state index contributed by atoms with van der Waals surface area (Å²) in [7, 11) is -3.42. The lowest BCUT2D eigenvalue weighted by Crippen LogP contribution is -2.48. The van der Waals surface area contributed by atoms with Crippen molar-refractivity contribution in [1.29, 1.82) is 0 Å². The fourth-order valence-electron chi connectivity index (χ4n) is 2.76. The standard InChI is InChI=1S/C17H18BrFN2O2S/c18-17-12-15(19)7-6-14(17)13-20-8-10-21(11-9-20)24(22,23)16-4-2-1-3-5-16/h1-7,12H,8-11,13H2. The second-order valence-corrected chi connectivity index (χ2v) is 8.52. The Morgan fingerprint density at radius 3 is 2.29 bits per heavy atom. The molecule has 2 aromatic carbocycles. The number of halogens is 2. The summed E-state index contributed by atoms with van der Waals surface area (Å²) in [6.07, 6.45) is 0. The average Bonchev–Trinajstić information content (AvgIpc) is 2.59. The molecule has 3 rings (SSSR count). The minimum absolute atomic E-state index is 0.274. The van der Waals surface area contributed by atoms with Crippen LogP contribution in [0.25, 0.3) is 0 Å². The van der Waals surface area contributed by atoms with Gasteiger partial charge in [0.2, 0.25) is 10.0 Å². The van der Waals surface area contributed by atoms with Gasteiger partial charge in [-0.25, -0.2) is 12.8 Å². The zero-order valence-corrected chi connectivity index (χ0v) is 15.4. The van der Waals surface area contributed by atoms with E-state index < -0.39 is 10.0 Å². The molecule has 24 heavy (non-hydrogen) atoms. The van der Waals surface area contributed by atoms with E-state index in [0.29, 0.717) is 37.6 Å². The van der Waals surface area contributed by atoms with Crippen molar-refractivity contribution in [1.82, 2.24) is 9.21 Å². The van der Waals surface area contributed by atoms with E-state index in [-0.39, 0.29) is 5.82 Å². The molecule has 0 saturated carbocycles. The lowest BCUT2D eigenvalue weighted by atomic mass is 10.2. The molecular weight excluding hydrogens is 395 g/mol. The van der Waals surface area contributed by atoms with Gasteiger partial charge in [-0.15, -0.1) is 0 Å². The molecule has 1 aliphatic heterocycles. The Balaban J connectivity index is 1.64. The molecule has 0 amide bonds. The number of sulfonamides is 1. The first-order valence-corrected chi connectivity index (χ1v) is 9.91. The highest BCUT2D eigenvalue weighted by atomic mass is 79.9. The monoisotopic (exact) mass is 412 g/mol. The van der Waals surface area contributed by atoms with E-state index in [4.69, 9.17) is 0 Å². The molecule has 1 fully saturated rings. The van der Waals surface area contributed by atoms with Crippen LogP contribution in [0.5, 0.6) is 0 Å². The Hall–Kier alpha value is -1.28. The Labute approximate surface area is 150 Å². The van der Waals surface area contributed by atoms with Gasteiger partial charge >= 0.3 is 0 Å². The van der Waals surface area contributed by atoms with Crippen LogP contribution in [0.15, 0.2) is 57.9 Å². The second kappa shape index (κ2) is 7.31. The van der Waals surface area contributed by atoms with Gasteiger partial charge < -0.3 is 0 Å². The maximum atomic E-state index is 13.2. The van der Waals surface area contributed by atoms with Crippen LogP contribution in [-0.2, 0) is 16.6 Å². The Morgan fingerprint density at radius 2 is 1.67 bits per heavy atom. The molecule has 1 aliphatic rings. The van der Waals surface area contributed by atoms with Crippen molar-refractivity contribution >= 4 is 26.0 Å². The second-order valence-electron chi connectivity index (χ2n) is 5.73. The highest BCUT2D eigenvalue weighted by molar-refractivity contribution is 9.10. The summed E-state index contributed by atoms with van der Waals surface area (Å²) >= 11 is 3.38. The van der Waals surface area contributed by atoms with Gasteiger partial charge in [0, 0.05) is 37.2 Å². The van der Waals surface area contributed by atoms with Crippen LogP contribution in [0.3, 0.4) is 0 Å². The summed E-state index contributed by atoms with van der Waals surface area (Å²) < 4.78 is 40.6. The Kier molecular flexibility index (Phi) is 5.34. The lowest BCUT2D eigenvalue weighted by Gasteiger charge is -2.34. The first-order valence-electron chi connectivity index (χ1n) is 7.68. The van der Waals surface area contributed by atoms with E-state index in [1.807, 2.05) is 0 Å². The van der Waals surface area contributed by atoms with Crippen molar-refractivity contribution in [2.24, 2.45) is 0 Å². The van der Waals surface area contributed by atoms with Gasteiger partial charge in [0.25, 0.3) is 0 Å². The van der Waals surface area contributed by atoms with Crippen molar-refractivity contribution in [3.63, 3.8) is 0 Å². The highest BCUT2D eigenvalue weighted by Crippen LogP contribution is 2.22. The molecule has 0 aromatic heterocycles. The van der Waals surface area contributed by atoms with Crippen LogP contribution in [0.2, 0.25) is 0 Å². The highest BCUT2D eigenvalue weighted by Gasteiger charge is 2.28. The van der Waals surface area contributed by atoms with Crippen LogP contribution in [0.4, 0.5) is 4.39 Å². The summed E-state index contributed by atoms with van der Waals surface area (Å²) in [5, 5.41) is 0. The molecule has 0 unspecified atom stereocenters. The maximum absolute atomic E-state index is 13.2. The Morgan fingerprint density at radius 1 is 1.00 bits per heavy atom. The molecule has 4 nitrogen and oxygen atoms in total. The molecule has 1 heterocycles. The van der Waals surface area contributed by atoms with Crippen LogP contribution in [0, 0.1) is 5.82 Å². The van der Waals surface area contributed by atoms with Crippen LogP contribution < -0.4 is 0 Å². The van der Waals surface area contributed by atoms with E-state index in [9.17, 15) is 12.8 Å². The minimum Gasteiger partial charge on any atom is -0.296 e. The third kappa shape index (κ3) is 3.85. The smallest absolute Gasteiger partial charge is 0.243 e. The number of nitrogens with zero attached hydrogens (tertiary/aromatic N) is 2. The molecular formula is C17H18BrFN2O2S. The van der Waals surface area contributed by atoms with Crippen LogP contribution in [0.1, 0.15) is 5.56 Å². The molecule has 7 heteroatoms. The van der Waals surface area contributed by atoms with E-state index in [1.165, 1.54) is 16.4 Å². The summed E-state index contributed by atoms with van der Waals surface area (Å²) in [4.78, 5) is 2.51. The van der Waals surface area contributed by atoms with E-state index in [0.717, 1.165) is 10.0 Å². The largest absolute Gasteiger partial charge is 0.296 e. The number of benzene rings is 2. The SMILES string of the molecule is O=S(=O)(c1ccccc1)N1CCN(Cc2ccc(F)cc2Br)CC1. The third-order valence-corrected chi connectivity index (χ3v) is 6.77. The fourth-order valence-corrected chi connectivity index (χ4v) is 4.68. The summed E-state index contributed by atoms with van der Waals surface area (Å²) in [5.41, 5.74) is 0.996. The first-order chi connectivity index (χ1) is 11.5. The summed E-state index contributed by atoms with van der Waals surface area (Å²) in [6.45, 7) is 2.87. The van der Waals surface area contributed by atoms with Crippen LogP contribution in [-0.4, -0.2) is 43.8 Å². The molecule has 0 bridgehead atoms. The predicted octanol–water partition coefficient (Wildman–Crippen LogP) is 3.09. The normalized spacial score (nSPS) is 17.1. The zero-order chi connectivity index (χ0) is 17.2. The fraction of sp³-hybridized carbons (Fsp3) is 0.294. The van der Waals surface area contributed by atoms with Crippen molar-refractivity contribution < 1.29 is 12.8 Å². The van der Waals surface area contributed by atoms with Crippen molar-refractivity contribution in [3.8, 4) is 0 Å². The molecule has 128 valence electrons. The van der Waals surface area contributed by atoms with Gasteiger partial charge in [0.15, 0.2) is 0 Å². The van der Waals surface area contributed by atoms with Crippen molar-refractivity contribution in [3.05, 3.63) is 64.4 Å². The van der Waals surface area contributed by atoms with Gasteiger partial charge in [0.05, 0.1) is 4.90 Å². The number of piperazine rings is 1. The molecule has 0 spiro atoms. The maximum Gasteiger partial charge on any atom is 0.243 e. The topological polar surface area (TPSA) is 40.6 Å².